The Labute approximate surface area is 216 Å². The molecule has 1 fully saturated rings. The molecule has 0 saturated carbocycles. The number of rotatable bonds is 5. The van der Waals surface area contributed by atoms with E-state index in [4.69, 9.17) is 33.3 Å². The van der Waals surface area contributed by atoms with Crippen molar-refractivity contribution in [2.24, 2.45) is 0 Å². The van der Waals surface area contributed by atoms with Crippen molar-refractivity contribution in [3.05, 3.63) is 95.2 Å². The van der Waals surface area contributed by atoms with Crippen LogP contribution >= 0.6 is 23.8 Å². The SMILES string of the molecule is COc1ccc2nc(Cl)c(/C=C3\C(=O)NC(=S)N(c4ccc(Oc5ccccc5)cc4)C3=O)cc2c1. The average Bonchev–Trinajstić information content (AvgIpc) is 2.88. The number of para-hydroxylation sites is 1. The van der Waals surface area contributed by atoms with Crippen LogP contribution in [0.1, 0.15) is 5.56 Å². The van der Waals surface area contributed by atoms with Crippen LogP contribution in [0.15, 0.2) is 84.4 Å². The van der Waals surface area contributed by atoms with E-state index in [1.165, 1.54) is 11.0 Å². The summed E-state index contributed by atoms with van der Waals surface area (Å²) >= 11 is 11.7. The van der Waals surface area contributed by atoms with Crippen LogP contribution in [0, 0.1) is 0 Å². The Balaban J connectivity index is 1.46. The second kappa shape index (κ2) is 9.77. The minimum atomic E-state index is -0.618. The largest absolute Gasteiger partial charge is 0.497 e. The maximum absolute atomic E-state index is 13.4. The number of thiocarbonyl (C=S) groups is 1. The second-order valence-electron chi connectivity index (χ2n) is 7.79. The van der Waals surface area contributed by atoms with Crippen molar-refractivity contribution in [2.75, 3.05) is 12.0 Å². The number of pyridine rings is 1. The van der Waals surface area contributed by atoms with Crippen LogP contribution in [0.4, 0.5) is 5.69 Å². The van der Waals surface area contributed by atoms with Gasteiger partial charge in [-0.1, -0.05) is 29.8 Å². The van der Waals surface area contributed by atoms with Gasteiger partial charge in [-0.2, -0.15) is 0 Å². The maximum Gasteiger partial charge on any atom is 0.270 e. The minimum Gasteiger partial charge on any atom is -0.497 e. The molecule has 1 aliphatic rings. The van der Waals surface area contributed by atoms with Crippen LogP contribution in [-0.2, 0) is 9.59 Å². The lowest BCUT2D eigenvalue weighted by Crippen LogP contribution is -2.54. The van der Waals surface area contributed by atoms with Crippen LogP contribution in [-0.4, -0.2) is 29.0 Å². The van der Waals surface area contributed by atoms with Gasteiger partial charge in [-0.3, -0.25) is 19.8 Å². The Bertz CT molecular complexity index is 1540. The van der Waals surface area contributed by atoms with Crippen molar-refractivity contribution in [1.29, 1.82) is 0 Å². The molecule has 5 rings (SSSR count). The van der Waals surface area contributed by atoms with Crippen molar-refractivity contribution < 1.29 is 19.1 Å². The Kier molecular flexibility index (Phi) is 6.37. The maximum atomic E-state index is 13.4. The first-order valence-corrected chi connectivity index (χ1v) is 11.6. The first-order valence-electron chi connectivity index (χ1n) is 10.8. The number of nitrogens with one attached hydrogen (secondary N) is 1. The summed E-state index contributed by atoms with van der Waals surface area (Å²) in [6.07, 6.45) is 1.41. The van der Waals surface area contributed by atoms with Crippen LogP contribution in [0.2, 0.25) is 5.15 Å². The lowest BCUT2D eigenvalue weighted by atomic mass is 10.1. The number of ether oxygens (including phenoxy) is 2. The third-order valence-corrected chi connectivity index (χ3v) is 6.07. The lowest BCUT2D eigenvalue weighted by Gasteiger charge is -2.29. The fourth-order valence-corrected chi connectivity index (χ4v) is 4.19. The molecule has 178 valence electrons. The van der Waals surface area contributed by atoms with E-state index in [1.54, 1.807) is 55.6 Å². The van der Waals surface area contributed by atoms with Crippen molar-refractivity contribution in [2.45, 2.75) is 0 Å². The molecular weight excluding hydrogens is 498 g/mol. The molecule has 0 bridgehead atoms. The van der Waals surface area contributed by atoms with Gasteiger partial charge in [0, 0.05) is 10.9 Å². The highest BCUT2D eigenvalue weighted by Crippen LogP contribution is 2.29. The standard InChI is InChI=1S/C27H18ClN3O4S/c1-34-21-11-12-23-16(14-21)13-17(24(28)29-23)15-22-25(32)30-27(36)31(26(22)33)18-7-9-20(10-8-18)35-19-5-3-2-4-6-19/h2-15H,1H3,(H,30,32,36)/b22-15+. The number of aromatic nitrogens is 1. The summed E-state index contributed by atoms with van der Waals surface area (Å²) in [6.45, 7) is 0. The summed E-state index contributed by atoms with van der Waals surface area (Å²) in [5, 5.41) is 3.45. The third-order valence-electron chi connectivity index (χ3n) is 5.48. The van der Waals surface area contributed by atoms with Gasteiger partial charge in [-0.25, -0.2) is 4.98 Å². The number of hydrogen-bond acceptors (Lipinski definition) is 6. The molecule has 1 aliphatic heterocycles. The summed E-state index contributed by atoms with van der Waals surface area (Å²) < 4.78 is 11.1. The molecule has 2 heterocycles. The Morgan fingerprint density at radius 1 is 0.944 bits per heavy atom. The zero-order valence-corrected chi connectivity index (χ0v) is 20.5. The first kappa shape index (κ1) is 23.5. The van der Waals surface area contributed by atoms with E-state index in [9.17, 15) is 9.59 Å². The number of anilines is 1. The number of carbonyl (C=O) groups is 2. The highest BCUT2D eigenvalue weighted by Gasteiger charge is 2.34. The van der Waals surface area contributed by atoms with Gasteiger partial charge in [-0.05, 0) is 79.0 Å². The number of methoxy groups -OCH3 is 1. The van der Waals surface area contributed by atoms with Gasteiger partial charge in [0.15, 0.2) is 5.11 Å². The van der Waals surface area contributed by atoms with Gasteiger partial charge in [0.2, 0.25) is 0 Å². The first-order chi connectivity index (χ1) is 17.4. The molecule has 1 N–H and O–H groups in total. The van der Waals surface area contributed by atoms with Crippen LogP contribution in [0.3, 0.4) is 0 Å². The van der Waals surface area contributed by atoms with E-state index < -0.39 is 11.8 Å². The molecule has 3 aromatic carbocycles. The van der Waals surface area contributed by atoms with Gasteiger partial charge < -0.3 is 9.47 Å². The van der Waals surface area contributed by atoms with E-state index >= 15 is 0 Å². The van der Waals surface area contributed by atoms with Crippen LogP contribution < -0.4 is 19.7 Å². The predicted molar refractivity (Wildman–Crippen MR) is 142 cm³/mol. The van der Waals surface area contributed by atoms with Gasteiger partial charge in [0.1, 0.15) is 28.0 Å². The molecule has 4 aromatic rings. The highest BCUT2D eigenvalue weighted by atomic mass is 35.5. The fraction of sp³-hybridized carbons (Fsp3) is 0.0370. The molecule has 7 nitrogen and oxygen atoms in total. The third kappa shape index (κ3) is 4.64. The van der Waals surface area contributed by atoms with E-state index in [1.807, 2.05) is 30.3 Å². The summed E-state index contributed by atoms with van der Waals surface area (Å²) in [4.78, 5) is 31.7. The number of amides is 2. The number of fused-ring (bicyclic) bond motifs is 1. The van der Waals surface area contributed by atoms with Crippen molar-refractivity contribution in [3.8, 4) is 17.2 Å². The highest BCUT2D eigenvalue weighted by molar-refractivity contribution is 7.80. The van der Waals surface area contributed by atoms with Gasteiger partial charge in [-0.15, -0.1) is 0 Å². The number of benzene rings is 3. The molecule has 9 heteroatoms. The molecule has 2 amide bonds. The van der Waals surface area contributed by atoms with Gasteiger partial charge in [0.05, 0.1) is 18.3 Å². The topological polar surface area (TPSA) is 80.8 Å². The average molecular weight is 516 g/mol. The second-order valence-corrected chi connectivity index (χ2v) is 8.54. The van der Waals surface area contributed by atoms with Crippen molar-refractivity contribution in [3.63, 3.8) is 0 Å². The van der Waals surface area contributed by atoms with E-state index in [0.717, 1.165) is 5.39 Å². The monoisotopic (exact) mass is 515 g/mol. The van der Waals surface area contributed by atoms with Gasteiger partial charge in [0.25, 0.3) is 11.8 Å². The summed E-state index contributed by atoms with van der Waals surface area (Å²) in [5.41, 5.74) is 1.42. The molecule has 0 atom stereocenters. The van der Waals surface area contributed by atoms with Crippen molar-refractivity contribution in [1.82, 2.24) is 10.3 Å². The zero-order chi connectivity index (χ0) is 25.2. The fourth-order valence-electron chi connectivity index (χ4n) is 3.71. The summed E-state index contributed by atoms with van der Waals surface area (Å²) in [6, 6.07) is 23.2. The molecule has 36 heavy (non-hydrogen) atoms. The Morgan fingerprint density at radius 2 is 1.64 bits per heavy atom. The normalized spacial score (nSPS) is 14.8. The van der Waals surface area contributed by atoms with Crippen molar-refractivity contribution >= 4 is 63.4 Å². The predicted octanol–water partition coefficient (Wildman–Crippen LogP) is 5.52. The quantitative estimate of drug-likeness (QED) is 0.163. The number of halogens is 1. The lowest BCUT2D eigenvalue weighted by molar-refractivity contribution is -0.122. The smallest absolute Gasteiger partial charge is 0.270 e. The molecule has 0 radical (unpaired) electrons. The van der Waals surface area contributed by atoms with Crippen LogP contribution in [0.5, 0.6) is 17.2 Å². The molecule has 0 unspecified atom stereocenters. The molecule has 1 aromatic heterocycles. The number of nitrogens with zero attached hydrogens (tertiary/aromatic N) is 2. The number of hydrogen-bond donors (Lipinski definition) is 1. The van der Waals surface area contributed by atoms with Crippen LogP contribution in [0.25, 0.3) is 17.0 Å². The minimum absolute atomic E-state index is 0.0219. The van der Waals surface area contributed by atoms with E-state index in [0.29, 0.717) is 34.0 Å². The molecular formula is C27H18ClN3O4S. The molecule has 0 spiro atoms. The van der Waals surface area contributed by atoms with E-state index in [-0.39, 0.29) is 15.8 Å². The summed E-state index contributed by atoms with van der Waals surface area (Å²) in [5.74, 6) is 0.720. The molecule has 1 saturated heterocycles. The Morgan fingerprint density at radius 3 is 2.36 bits per heavy atom. The number of carbonyl (C=O) groups excluding carboxylic acids is 2. The molecule has 0 aliphatic carbocycles. The zero-order valence-electron chi connectivity index (χ0n) is 18.9. The van der Waals surface area contributed by atoms with E-state index in [2.05, 4.69) is 10.3 Å². The summed E-state index contributed by atoms with van der Waals surface area (Å²) in [7, 11) is 1.57. The van der Waals surface area contributed by atoms with Gasteiger partial charge >= 0.3 is 0 Å². The Hall–Kier alpha value is -4.27.